The van der Waals surface area contributed by atoms with Gasteiger partial charge in [-0.3, -0.25) is 0 Å². The Balaban J connectivity index is 2.18. The Labute approximate surface area is 48.1 Å². The van der Waals surface area contributed by atoms with Crippen LogP contribution in [-0.2, 0) is 0 Å². The van der Waals surface area contributed by atoms with E-state index < -0.39 is 0 Å². The van der Waals surface area contributed by atoms with Crippen molar-refractivity contribution in [2.45, 2.75) is 17.4 Å². The first kappa shape index (κ1) is 4.85. The van der Waals surface area contributed by atoms with E-state index in [1.807, 2.05) is 11.8 Å². The maximum Gasteiger partial charge on any atom is 0.0606 e. The molecule has 6 heavy (non-hydrogen) atoms. The van der Waals surface area contributed by atoms with Crippen molar-refractivity contribution in [3.63, 3.8) is 0 Å². The van der Waals surface area contributed by atoms with Crippen molar-refractivity contribution in [1.82, 2.24) is 0 Å². The second-order valence-electron chi connectivity index (χ2n) is 1.44. The van der Waals surface area contributed by atoms with Gasteiger partial charge in [0.25, 0.3) is 0 Å². The maximum absolute atomic E-state index is 4.97. The zero-order valence-electron chi connectivity index (χ0n) is 3.52. The molecule has 1 aliphatic heterocycles. The van der Waals surface area contributed by atoms with Gasteiger partial charge in [-0.05, 0) is 18.6 Å². The van der Waals surface area contributed by atoms with Crippen LogP contribution < -0.4 is 0 Å². The van der Waals surface area contributed by atoms with Gasteiger partial charge in [-0.1, -0.05) is 12.6 Å². The van der Waals surface area contributed by atoms with E-state index in [9.17, 15) is 0 Å². The summed E-state index contributed by atoms with van der Waals surface area (Å²) in [5.74, 6) is 1.30. The van der Waals surface area contributed by atoms with Crippen LogP contribution in [0.25, 0.3) is 0 Å². The van der Waals surface area contributed by atoms with E-state index in [2.05, 4.69) is 0 Å². The van der Waals surface area contributed by atoms with Crippen LogP contribution in [0.15, 0.2) is 0 Å². The summed E-state index contributed by atoms with van der Waals surface area (Å²) in [7, 11) is 0. The molecule has 0 spiro atoms. The van der Waals surface area contributed by atoms with E-state index in [0.29, 0.717) is 4.58 Å². The van der Waals surface area contributed by atoms with Crippen LogP contribution in [0.5, 0.6) is 0 Å². The molecule has 1 atom stereocenters. The standard InChI is InChI=1S/C4H7S2/c5-4-2-1-3-6-4/h4H,1-3H2/t4-/m0/s1. The SMILES string of the molecule is [S][C@@H]1CCCS1. The Morgan fingerprint density at radius 1 is 1.67 bits per heavy atom. The van der Waals surface area contributed by atoms with Crippen molar-refractivity contribution in [3.8, 4) is 0 Å². The highest BCUT2D eigenvalue weighted by molar-refractivity contribution is 8.10. The van der Waals surface area contributed by atoms with E-state index in [1.54, 1.807) is 0 Å². The summed E-state index contributed by atoms with van der Waals surface area (Å²) in [6.07, 6.45) is 2.61. The molecule has 0 amide bonds. The van der Waals surface area contributed by atoms with Crippen LogP contribution in [0.3, 0.4) is 0 Å². The highest BCUT2D eigenvalue weighted by Gasteiger charge is 2.09. The quantitative estimate of drug-likeness (QED) is 0.470. The van der Waals surface area contributed by atoms with Gasteiger partial charge in [0.15, 0.2) is 0 Å². The molecule has 0 aromatic heterocycles. The molecule has 0 aromatic rings. The summed E-state index contributed by atoms with van der Waals surface area (Å²) in [5.41, 5.74) is 0. The highest BCUT2D eigenvalue weighted by Crippen LogP contribution is 2.28. The predicted octanol–water partition coefficient (Wildman–Crippen LogP) is 2.04. The molecule has 2 heteroatoms. The van der Waals surface area contributed by atoms with Crippen molar-refractivity contribution in [1.29, 1.82) is 0 Å². The van der Waals surface area contributed by atoms with E-state index in [-0.39, 0.29) is 0 Å². The minimum absolute atomic E-state index is 0.546. The van der Waals surface area contributed by atoms with Crippen LogP contribution in [-0.4, -0.2) is 10.3 Å². The molecular weight excluding hydrogens is 112 g/mol. The Morgan fingerprint density at radius 3 is 2.67 bits per heavy atom. The van der Waals surface area contributed by atoms with Gasteiger partial charge in [-0.15, -0.1) is 11.8 Å². The normalized spacial score (nSPS) is 34.5. The zero-order chi connectivity index (χ0) is 4.41. The van der Waals surface area contributed by atoms with Crippen molar-refractivity contribution >= 4 is 24.4 Å². The lowest BCUT2D eigenvalue weighted by atomic mass is 10.4. The summed E-state index contributed by atoms with van der Waals surface area (Å²) in [6.45, 7) is 0. The van der Waals surface area contributed by atoms with Crippen LogP contribution >= 0.6 is 24.4 Å². The molecule has 0 aliphatic carbocycles. The Hall–Kier alpha value is 0.700. The van der Waals surface area contributed by atoms with Gasteiger partial charge in [0.2, 0.25) is 0 Å². The molecule has 1 saturated heterocycles. The maximum atomic E-state index is 4.97. The molecule has 1 heterocycles. The fraction of sp³-hybridized carbons (Fsp3) is 1.00. The lowest BCUT2D eigenvalue weighted by Gasteiger charge is -1.88. The van der Waals surface area contributed by atoms with Gasteiger partial charge in [-0.25, -0.2) is 0 Å². The largest absolute Gasteiger partial charge is 0.147 e. The first-order valence-corrected chi connectivity index (χ1v) is 3.69. The highest BCUT2D eigenvalue weighted by atomic mass is 32.2. The zero-order valence-corrected chi connectivity index (χ0v) is 5.15. The molecule has 0 unspecified atom stereocenters. The van der Waals surface area contributed by atoms with Crippen molar-refractivity contribution in [3.05, 3.63) is 0 Å². The molecule has 0 N–H and O–H groups in total. The van der Waals surface area contributed by atoms with Gasteiger partial charge in [0, 0.05) is 0 Å². The molecule has 0 aromatic carbocycles. The van der Waals surface area contributed by atoms with Gasteiger partial charge in [0.1, 0.15) is 0 Å². The second kappa shape index (κ2) is 2.12. The fourth-order valence-electron chi connectivity index (χ4n) is 0.548. The third kappa shape index (κ3) is 1.09. The minimum Gasteiger partial charge on any atom is -0.147 e. The minimum atomic E-state index is 0.546. The predicted molar refractivity (Wildman–Crippen MR) is 33.1 cm³/mol. The van der Waals surface area contributed by atoms with Crippen LogP contribution in [0.1, 0.15) is 12.8 Å². The number of rotatable bonds is 0. The summed E-state index contributed by atoms with van der Waals surface area (Å²) in [5, 5.41) is 0. The summed E-state index contributed by atoms with van der Waals surface area (Å²) < 4.78 is 0.546. The lowest BCUT2D eigenvalue weighted by Crippen LogP contribution is -1.76. The Kier molecular flexibility index (Phi) is 1.72. The Bertz CT molecular complexity index is 38.8. The van der Waals surface area contributed by atoms with Gasteiger partial charge >= 0.3 is 0 Å². The van der Waals surface area contributed by atoms with Gasteiger partial charge < -0.3 is 0 Å². The van der Waals surface area contributed by atoms with Gasteiger partial charge in [-0.2, -0.15) is 0 Å². The fourth-order valence-corrected chi connectivity index (χ4v) is 1.93. The van der Waals surface area contributed by atoms with Crippen molar-refractivity contribution in [2.24, 2.45) is 0 Å². The monoisotopic (exact) mass is 119 g/mol. The number of hydrogen-bond acceptors (Lipinski definition) is 1. The van der Waals surface area contributed by atoms with Crippen LogP contribution in [0.4, 0.5) is 0 Å². The lowest BCUT2D eigenvalue weighted by molar-refractivity contribution is 0.927. The summed E-state index contributed by atoms with van der Waals surface area (Å²) in [6, 6.07) is 0. The molecule has 1 aliphatic rings. The van der Waals surface area contributed by atoms with E-state index >= 15 is 0 Å². The third-order valence-corrected chi connectivity index (χ3v) is 2.66. The van der Waals surface area contributed by atoms with E-state index in [0.717, 1.165) is 0 Å². The third-order valence-electron chi connectivity index (χ3n) is 0.888. The smallest absolute Gasteiger partial charge is 0.0606 e. The number of thioether (sulfide) groups is 1. The molecule has 0 nitrogen and oxygen atoms in total. The number of hydrogen-bond donors (Lipinski definition) is 0. The molecule has 0 saturated carbocycles. The second-order valence-corrected chi connectivity index (χ2v) is 3.62. The van der Waals surface area contributed by atoms with E-state index in [1.165, 1.54) is 18.6 Å². The van der Waals surface area contributed by atoms with Crippen molar-refractivity contribution in [2.75, 3.05) is 5.75 Å². The molecule has 1 fully saturated rings. The van der Waals surface area contributed by atoms with Crippen LogP contribution in [0, 0.1) is 0 Å². The average molecular weight is 119 g/mol. The summed E-state index contributed by atoms with van der Waals surface area (Å²) >= 11 is 6.88. The van der Waals surface area contributed by atoms with Crippen LogP contribution in [0.2, 0.25) is 0 Å². The topological polar surface area (TPSA) is 0 Å². The molecule has 35 valence electrons. The average Bonchev–Trinajstić information content (AvgIpc) is 1.86. The summed E-state index contributed by atoms with van der Waals surface area (Å²) in [4.78, 5) is 0. The molecule has 0 bridgehead atoms. The van der Waals surface area contributed by atoms with E-state index in [4.69, 9.17) is 12.6 Å². The first-order valence-electron chi connectivity index (χ1n) is 2.17. The molecular formula is C4H7S2. The molecule has 1 radical (unpaired) electrons. The van der Waals surface area contributed by atoms with Gasteiger partial charge in [0.05, 0.1) is 4.58 Å². The first-order chi connectivity index (χ1) is 2.89. The molecule has 1 rings (SSSR count). The Morgan fingerprint density at radius 2 is 2.50 bits per heavy atom. The van der Waals surface area contributed by atoms with Crippen molar-refractivity contribution < 1.29 is 0 Å².